The number of aromatic nitrogens is 1. The Morgan fingerprint density at radius 2 is 1.76 bits per heavy atom. The van der Waals surface area contributed by atoms with E-state index in [-0.39, 0.29) is 28.2 Å². The number of aliphatic hydroxyl groups is 1. The Balaban J connectivity index is 1.99. The summed E-state index contributed by atoms with van der Waals surface area (Å²) in [6.07, 6.45) is 3.14. The smallest absolute Gasteiger partial charge is 0.300 e. The number of hydrogen-bond donors (Lipinski definition) is 2. The maximum Gasteiger partial charge on any atom is 0.300 e. The predicted octanol–water partition coefficient (Wildman–Crippen LogP) is 5.02. The molecule has 2 aromatic carbocycles. The van der Waals surface area contributed by atoms with E-state index in [1.54, 1.807) is 42.7 Å². The van der Waals surface area contributed by atoms with E-state index < -0.39 is 17.7 Å². The number of anilines is 1. The Hall–Kier alpha value is -3.93. The summed E-state index contributed by atoms with van der Waals surface area (Å²) in [7, 11) is 0. The van der Waals surface area contributed by atoms with Crippen molar-refractivity contribution in [1.29, 1.82) is 0 Å². The number of carbonyl (C=O) groups is 2. The molecule has 1 aliphatic heterocycles. The molecule has 1 fully saturated rings. The van der Waals surface area contributed by atoms with Gasteiger partial charge in [0.05, 0.1) is 17.3 Å². The number of carbonyl (C=O) groups excluding carboxylic acids is 2. The second-order valence-corrected chi connectivity index (χ2v) is 9.22. The molecule has 0 bridgehead atoms. The SMILES string of the molecule is Cc1ccc(C(C)(C)C)cc1/C(O)=C1\C(=O)C(=O)N(c2ccccc2O)C1c1cccnc1. The Morgan fingerprint density at radius 1 is 1.03 bits per heavy atom. The molecule has 2 heterocycles. The molecule has 1 aliphatic rings. The summed E-state index contributed by atoms with van der Waals surface area (Å²) in [6, 6.07) is 14.6. The minimum atomic E-state index is -0.940. The number of pyridine rings is 1. The number of rotatable bonds is 3. The second-order valence-electron chi connectivity index (χ2n) is 9.22. The zero-order chi connectivity index (χ0) is 23.9. The highest BCUT2D eigenvalue weighted by atomic mass is 16.3. The number of amides is 1. The van der Waals surface area contributed by atoms with Crippen LogP contribution < -0.4 is 4.90 Å². The van der Waals surface area contributed by atoms with Gasteiger partial charge in [0.2, 0.25) is 0 Å². The molecule has 0 radical (unpaired) electrons. The van der Waals surface area contributed by atoms with Gasteiger partial charge in [-0.15, -0.1) is 0 Å². The summed E-state index contributed by atoms with van der Waals surface area (Å²) < 4.78 is 0. The molecule has 0 spiro atoms. The van der Waals surface area contributed by atoms with Crippen molar-refractivity contribution < 1.29 is 19.8 Å². The van der Waals surface area contributed by atoms with E-state index in [2.05, 4.69) is 25.8 Å². The van der Waals surface area contributed by atoms with Crippen molar-refractivity contribution in [2.24, 2.45) is 0 Å². The molecular weight excluding hydrogens is 416 g/mol. The average molecular weight is 443 g/mol. The molecule has 33 heavy (non-hydrogen) atoms. The number of aliphatic hydroxyl groups excluding tert-OH is 1. The first-order valence-corrected chi connectivity index (χ1v) is 10.7. The number of ketones is 1. The molecule has 1 saturated heterocycles. The highest BCUT2D eigenvalue weighted by Gasteiger charge is 2.47. The van der Waals surface area contributed by atoms with Gasteiger partial charge in [0, 0.05) is 18.0 Å². The quantitative estimate of drug-likeness (QED) is 0.338. The third-order valence-electron chi connectivity index (χ3n) is 5.94. The monoisotopic (exact) mass is 442 g/mol. The first-order valence-electron chi connectivity index (χ1n) is 10.7. The zero-order valence-electron chi connectivity index (χ0n) is 19.0. The van der Waals surface area contributed by atoms with Crippen molar-refractivity contribution in [2.75, 3.05) is 4.90 Å². The van der Waals surface area contributed by atoms with Gasteiger partial charge in [-0.05, 0) is 53.3 Å². The van der Waals surface area contributed by atoms with E-state index in [1.165, 1.54) is 11.0 Å². The van der Waals surface area contributed by atoms with Crippen molar-refractivity contribution in [2.45, 2.75) is 39.2 Å². The Labute approximate surface area is 192 Å². The summed E-state index contributed by atoms with van der Waals surface area (Å²) in [5.74, 6) is -2.02. The summed E-state index contributed by atoms with van der Waals surface area (Å²) >= 11 is 0. The van der Waals surface area contributed by atoms with Gasteiger partial charge in [0.15, 0.2) is 0 Å². The number of aromatic hydroxyl groups is 1. The molecule has 1 amide bonds. The van der Waals surface area contributed by atoms with Crippen LogP contribution in [-0.4, -0.2) is 26.9 Å². The van der Waals surface area contributed by atoms with Crippen molar-refractivity contribution in [1.82, 2.24) is 4.98 Å². The first kappa shape index (κ1) is 22.3. The van der Waals surface area contributed by atoms with Crippen LogP contribution in [-0.2, 0) is 15.0 Å². The van der Waals surface area contributed by atoms with Crippen LogP contribution in [0.2, 0.25) is 0 Å². The zero-order valence-corrected chi connectivity index (χ0v) is 19.0. The molecule has 168 valence electrons. The summed E-state index contributed by atoms with van der Waals surface area (Å²) in [6.45, 7) is 8.04. The van der Waals surface area contributed by atoms with Crippen molar-refractivity contribution in [3.63, 3.8) is 0 Å². The normalized spacial score (nSPS) is 18.1. The predicted molar refractivity (Wildman–Crippen MR) is 127 cm³/mol. The molecule has 1 unspecified atom stereocenters. The average Bonchev–Trinajstić information content (AvgIpc) is 3.04. The number of phenolic OH excluding ortho intramolecular Hbond substituents is 1. The highest BCUT2D eigenvalue weighted by Crippen LogP contribution is 2.44. The van der Waals surface area contributed by atoms with Gasteiger partial charge in [0.25, 0.3) is 11.7 Å². The first-order chi connectivity index (χ1) is 15.6. The van der Waals surface area contributed by atoms with Gasteiger partial charge in [-0.2, -0.15) is 0 Å². The number of phenols is 1. The van der Waals surface area contributed by atoms with Crippen molar-refractivity contribution in [3.05, 3.63) is 94.8 Å². The minimum Gasteiger partial charge on any atom is -0.507 e. The largest absolute Gasteiger partial charge is 0.507 e. The van der Waals surface area contributed by atoms with Crippen LogP contribution in [0.4, 0.5) is 5.69 Å². The van der Waals surface area contributed by atoms with E-state index >= 15 is 0 Å². The van der Waals surface area contributed by atoms with Crippen LogP contribution in [0.25, 0.3) is 5.76 Å². The van der Waals surface area contributed by atoms with E-state index in [9.17, 15) is 19.8 Å². The van der Waals surface area contributed by atoms with Gasteiger partial charge < -0.3 is 10.2 Å². The van der Waals surface area contributed by atoms with Gasteiger partial charge in [-0.3, -0.25) is 19.5 Å². The lowest BCUT2D eigenvalue weighted by Gasteiger charge is -2.26. The fourth-order valence-electron chi connectivity index (χ4n) is 4.09. The topological polar surface area (TPSA) is 90.7 Å². The Bertz CT molecular complexity index is 1270. The molecule has 1 atom stereocenters. The number of nitrogens with zero attached hydrogens (tertiary/aromatic N) is 2. The van der Waals surface area contributed by atoms with Gasteiger partial charge in [0.1, 0.15) is 11.5 Å². The number of benzene rings is 2. The maximum atomic E-state index is 13.3. The van der Waals surface area contributed by atoms with Crippen LogP contribution in [0.15, 0.2) is 72.6 Å². The number of aryl methyl sites for hydroxylation is 1. The number of hydrogen-bond acceptors (Lipinski definition) is 5. The lowest BCUT2D eigenvalue weighted by atomic mass is 9.84. The maximum absolute atomic E-state index is 13.3. The molecule has 1 aromatic heterocycles. The van der Waals surface area contributed by atoms with E-state index in [4.69, 9.17) is 0 Å². The van der Waals surface area contributed by atoms with Crippen LogP contribution in [0.1, 0.15) is 49.1 Å². The molecule has 2 N–H and O–H groups in total. The molecule has 0 aliphatic carbocycles. The van der Waals surface area contributed by atoms with Gasteiger partial charge in [-0.1, -0.05) is 51.1 Å². The van der Waals surface area contributed by atoms with Crippen LogP contribution >= 0.6 is 0 Å². The molecule has 6 nitrogen and oxygen atoms in total. The lowest BCUT2D eigenvalue weighted by molar-refractivity contribution is -0.132. The summed E-state index contributed by atoms with van der Waals surface area (Å²) in [4.78, 5) is 31.8. The van der Waals surface area contributed by atoms with Crippen LogP contribution in [0.3, 0.4) is 0 Å². The Kier molecular flexibility index (Phi) is 5.54. The summed E-state index contributed by atoms with van der Waals surface area (Å²) in [5, 5.41) is 21.9. The molecule has 3 aromatic rings. The third-order valence-corrected chi connectivity index (χ3v) is 5.94. The fraction of sp³-hybridized carbons (Fsp3) is 0.222. The van der Waals surface area contributed by atoms with Crippen molar-refractivity contribution in [3.8, 4) is 5.75 Å². The molecule has 6 heteroatoms. The Morgan fingerprint density at radius 3 is 2.39 bits per heavy atom. The molecule has 0 saturated carbocycles. The second kappa shape index (κ2) is 8.20. The fourth-order valence-corrected chi connectivity index (χ4v) is 4.09. The lowest BCUT2D eigenvalue weighted by Crippen LogP contribution is -2.29. The standard InChI is InChI=1S/C27H26N2O4/c1-16-11-12-18(27(2,3)4)14-19(16)24(31)22-23(17-8-7-13-28-15-17)29(26(33)25(22)32)20-9-5-6-10-21(20)30/h5-15,23,30-31H,1-4H3/b24-22+. The van der Waals surface area contributed by atoms with Crippen LogP contribution in [0.5, 0.6) is 5.75 Å². The molecular formula is C27H26N2O4. The summed E-state index contributed by atoms with van der Waals surface area (Å²) in [5.41, 5.74) is 2.78. The number of para-hydroxylation sites is 2. The van der Waals surface area contributed by atoms with Gasteiger partial charge in [-0.25, -0.2) is 0 Å². The third kappa shape index (κ3) is 3.89. The van der Waals surface area contributed by atoms with E-state index in [0.717, 1.165) is 11.1 Å². The van der Waals surface area contributed by atoms with E-state index in [1.807, 2.05) is 25.1 Å². The van der Waals surface area contributed by atoms with Crippen molar-refractivity contribution >= 4 is 23.1 Å². The highest BCUT2D eigenvalue weighted by molar-refractivity contribution is 6.51. The molecule has 4 rings (SSSR count). The minimum absolute atomic E-state index is 0.0367. The number of Topliss-reactive ketones (excluding diaryl/α,β-unsaturated/α-hetero) is 1. The van der Waals surface area contributed by atoms with E-state index in [0.29, 0.717) is 11.1 Å². The van der Waals surface area contributed by atoms with Gasteiger partial charge >= 0.3 is 0 Å². The van der Waals surface area contributed by atoms with Crippen LogP contribution in [0, 0.1) is 6.92 Å².